The maximum Gasteiger partial charge on any atom is 0.276 e. The first kappa shape index (κ1) is 21.0. The third-order valence-electron chi connectivity index (χ3n) is 5.83. The van der Waals surface area contributed by atoms with Crippen LogP contribution in [0.4, 0.5) is 10.2 Å². The molecule has 1 aliphatic heterocycles. The zero-order valence-corrected chi connectivity index (χ0v) is 17.9. The van der Waals surface area contributed by atoms with Crippen molar-refractivity contribution in [2.45, 2.75) is 25.8 Å². The molecule has 0 atom stereocenters. The molecule has 0 aliphatic carbocycles. The smallest absolute Gasteiger partial charge is 0.276 e. The molecule has 0 spiro atoms. The number of hydrogen-bond donors (Lipinski definition) is 2. The Bertz CT molecular complexity index is 1270. The lowest BCUT2D eigenvalue weighted by atomic mass is 10.0. The van der Waals surface area contributed by atoms with E-state index in [4.69, 9.17) is 0 Å². The van der Waals surface area contributed by atoms with Gasteiger partial charge in [-0.1, -0.05) is 12.5 Å². The number of piperidine rings is 1. The third kappa shape index (κ3) is 4.68. The first-order valence-electron chi connectivity index (χ1n) is 10.9. The standard InChI is InChI=1S/C24H23FN6O2/c25-33-22-7-5-19(14-27-22)28-24(32)23-20-11-17(4-6-21(20)29-30-23)18-10-16(12-26-13-18)15-31-8-2-1-3-9-31/h4-7,10-14H,1-3,8-9,15H2,(H,28,32)(H,29,30). The number of halogens is 1. The van der Waals surface area contributed by atoms with Crippen molar-refractivity contribution in [2.75, 3.05) is 18.4 Å². The number of nitrogens with one attached hydrogen (secondary N) is 2. The predicted octanol–water partition coefficient (Wildman–Crippen LogP) is 4.52. The number of aromatic nitrogens is 4. The van der Waals surface area contributed by atoms with Crippen LogP contribution in [-0.4, -0.2) is 44.1 Å². The van der Waals surface area contributed by atoms with Crippen LogP contribution in [0.15, 0.2) is 55.0 Å². The molecule has 8 nitrogen and oxygen atoms in total. The Kier molecular flexibility index (Phi) is 5.95. The van der Waals surface area contributed by atoms with Gasteiger partial charge in [-0.15, -0.1) is 0 Å². The van der Waals surface area contributed by atoms with Gasteiger partial charge in [0.05, 0.1) is 17.4 Å². The fourth-order valence-electron chi connectivity index (χ4n) is 4.16. The summed E-state index contributed by atoms with van der Waals surface area (Å²) in [4.78, 5) is 27.0. The summed E-state index contributed by atoms with van der Waals surface area (Å²) in [5.74, 6) is -0.579. The van der Waals surface area contributed by atoms with Gasteiger partial charge in [-0.25, -0.2) is 4.98 Å². The summed E-state index contributed by atoms with van der Waals surface area (Å²) >= 11 is 0. The SMILES string of the molecule is O=C(Nc1ccc(OF)nc1)c1n[nH]c2ccc(-c3cncc(CN4CCCCC4)c3)cc12. The van der Waals surface area contributed by atoms with Crippen LogP contribution in [0.25, 0.3) is 22.0 Å². The summed E-state index contributed by atoms with van der Waals surface area (Å²) in [5, 5.41) is 10.5. The number of carbonyl (C=O) groups excluding carboxylic acids is 1. The van der Waals surface area contributed by atoms with Crippen LogP contribution in [0, 0.1) is 0 Å². The van der Waals surface area contributed by atoms with Gasteiger partial charge in [-0.05, 0) is 61.3 Å². The highest BCUT2D eigenvalue weighted by Crippen LogP contribution is 2.27. The summed E-state index contributed by atoms with van der Waals surface area (Å²) in [5.41, 5.74) is 4.54. The van der Waals surface area contributed by atoms with E-state index in [9.17, 15) is 9.32 Å². The van der Waals surface area contributed by atoms with Gasteiger partial charge in [0.1, 0.15) is 0 Å². The first-order chi connectivity index (χ1) is 16.2. The molecule has 4 heterocycles. The maximum atomic E-state index is 12.8. The van der Waals surface area contributed by atoms with E-state index in [1.54, 1.807) is 0 Å². The van der Waals surface area contributed by atoms with Crippen LogP contribution in [-0.2, 0) is 6.54 Å². The van der Waals surface area contributed by atoms with E-state index in [1.165, 1.54) is 43.2 Å². The lowest BCUT2D eigenvalue weighted by Gasteiger charge is -2.26. The quantitative estimate of drug-likeness (QED) is 0.452. The summed E-state index contributed by atoms with van der Waals surface area (Å²) in [6.07, 6.45) is 8.87. The highest BCUT2D eigenvalue weighted by molar-refractivity contribution is 6.11. The third-order valence-corrected chi connectivity index (χ3v) is 5.83. The van der Waals surface area contributed by atoms with Crippen molar-refractivity contribution in [1.29, 1.82) is 0 Å². The zero-order chi connectivity index (χ0) is 22.6. The van der Waals surface area contributed by atoms with Gasteiger partial charge in [0.25, 0.3) is 11.8 Å². The van der Waals surface area contributed by atoms with E-state index in [-0.39, 0.29) is 11.6 Å². The second kappa shape index (κ2) is 9.33. The Morgan fingerprint density at radius 2 is 1.94 bits per heavy atom. The molecule has 3 aromatic heterocycles. The minimum atomic E-state index is -0.397. The van der Waals surface area contributed by atoms with Crippen molar-refractivity contribution >= 4 is 22.5 Å². The molecule has 5 rings (SSSR count). The van der Waals surface area contributed by atoms with Crippen molar-refractivity contribution < 1.29 is 14.3 Å². The van der Waals surface area contributed by atoms with Gasteiger partial charge in [0.15, 0.2) is 5.69 Å². The molecule has 168 valence electrons. The molecule has 1 fully saturated rings. The van der Waals surface area contributed by atoms with Crippen molar-refractivity contribution in [2.24, 2.45) is 0 Å². The number of aromatic amines is 1. The largest absolute Gasteiger partial charge is 0.319 e. The number of nitrogens with zero attached hydrogens (tertiary/aromatic N) is 4. The van der Waals surface area contributed by atoms with E-state index >= 15 is 0 Å². The predicted molar refractivity (Wildman–Crippen MR) is 122 cm³/mol. The first-order valence-corrected chi connectivity index (χ1v) is 10.9. The van der Waals surface area contributed by atoms with Gasteiger partial charge < -0.3 is 5.32 Å². The molecule has 0 unspecified atom stereocenters. The van der Waals surface area contributed by atoms with Gasteiger partial charge >= 0.3 is 0 Å². The number of amides is 1. The summed E-state index contributed by atoms with van der Waals surface area (Å²) in [6.45, 7) is 3.15. The second-order valence-corrected chi connectivity index (χ2v) is 8.17. The molecular weight excluding hydrogens is 423 g/mol. The monoisotopic (exact) mass is 446 g/mol. The van der Waals surface area contributed by atoms with Gasteiger partial charge in [0.2, 0.25) is 0 Å². The molecule has 0 radical (unpaired) electrons. The number of likely N-dealkylation sites (tertiary alicyclic amines) is 1. The number of carbonyl (C=O) groups is 1. The van der Waals surface area contributed by atoms with Gasteiger partial charge in [-0.3, -0.25) is 24.7 Å². The summed E-state index contributed by atoms with van der Waals surface area (Å²) in [6, 6.07) is 10.8. The van der Waals surface area contributed by atoms with Crippen LogP contribution in [0.1, 0.15) is 35.3 Å². The van der Waals surface area contributed by atoms with Crippen LogP contribution in [0.2, 0.25) is 0 Å². The van der Waals surface area contributed by atoms with E-state index in [1.807, 2.05) is 30.6 Å². The summed E-state index contributed by atoms with van der Waals surface area (Å²) < 4.78 is 12.2. The lowest BCUT2D eigenvalue weighted by molar-refractivity contribution is -0.0118. The Morgan fingerprint density at radius 3 is 2.73 bits per heavy atom. The van der Waals surface area contributed by atoms with E-state index in [0.29, 0.717) is 11.1 Å². The minimum absolute atomic E-state index is 0.181. The van der Waals surface area contributed by atoms with Crippen molar-refractivity contribution in [3.8, 4) is 17.0 Å². The number of fused-ring (bicyclic) bond motifs is 1. The fraction of sp³-hybridized carbons (Fsp3) is 0.250. The molecule has 0 saturated carbocycles. The Morgan fingerprint density at radius 1 is 1.06 bits per heavy atom. The fourth-order valence-corrected chi connectivity index (χ4v) is 4.16. The number of rotatable bonds is 6. The number of hydrogen-bond acceptors (Lipinski definition) is 6. The zero-order valence-electron chi connectivity index (χ0n) is 17.9. The molecule has 1 aromatic carbocycles. The normalized spacial score (nSPS) is 14.3. The van der Waals surface area contributed by atoms with Crippen LogP contribution >= 0.6 is 0 Å². The van der Waals surface area contributed by atoms with Crippen molar-refractivity contribution in [3.05, 3.63) is 66.2 Å². The summed E-state index contributed by atoms with van der Waals surface area (Å²) in [7, 11) is 0. The molecule has 2 N–H and O–H groups in total. The number of benzene rings is 1. The Balaban J connectivity index is 1.38. The average Bonchev–Trinajstić information content (AvgIpc) is 3.29. The molecule has 1 aliphatic rings. The molecule has 33 heavy (non-hydrogen) atoms. The highest BCUT2D eigenvalue weighted by atomic mass is 19.3. The van der Waals surface area contributed by atoms with Gasteiger partial charge in [0, 0.05) is 40.5 Å². The maximum absolute atomic E-state index is 12.8. The molecule has 9 heteroatoms. The highest BCUT2D eigenvalue weighted by Gasteiger charge is 2.16. The van der Waals surface area contributed by atoms with Gasteiger partial charge in [-0.2, -0.15) is 5.10 Å². The molecular formula is C24H23FN6O2. The topological polar surface area (TPSA) is 96.0 Å². The van der Waals surface area contributed by atoms with Crippen molar-refractivity contribution in [1.82, 2.24) is 25.1 Å². The molecule has 0 bridgehead atoms. The minimum Gasteiger partial charge on any atom is -0.319 e. The van der Waals surface area contributed by atoms with Crippen LogP contribution in [0.3, 0.4) is 0 Å². The van der Waals surface area contributed by atoms with E-state index in [2.05, 4.69) is 41.4 Å². The molecule has 1 amide bonds. The lowest BCUT2D eigenvalue weighted by Crippen LogP contribution is -2.29. The number of anilines is 1. The van der Waals surface area contributed by atoms with E-state index < -0.39 is 5.91 Å². The van der Waals surface area contributed by atoms with Crippen LogP contribution in [0.5, 0.6) is 5.88 Å². The average molecular weight is 446 g/mol. The second-order valence-electron chi connectivity index (χ2n) is 8.17. The molecule has 1 saturated heterocycles. The molecule has 4 aromatic rings. The number of pyridine rings is 2. The van der Waals surface area contributed by atoms with Crippen LogP contribution < -0.4 is 10.3 Å². The van der Waals surface area contributed by atoms with Crippen molar-refractivity contribution in [3.63, 3.8) is 0 Å². The Labute approximate surface area is 189 Å². The van der Waals surface area contributed by atoms with E-state index in [0.717, 1.165) is 36.3 Å². The Hall–Kier alpha value is -3.85. The number of H-pyrrole nitrogens is 1.